The number of aryl methyl sites for hydroxylation is 2. The first-order chi connectivity index (χ1) is 17.7. The molecule has 4 aromatic rings. The lowest BCUT2D eigenvalue weighted by Crippen LogP contribution is -2.26. The van der Waals surface area contributed by atoms with Crippen LogP contribution in [0.15, 0.2) is 52.7 Å². The number of nitrogens with zero attached hydrogens (tertiary/aromatic N) is 4. The van der Waals surface area contributed by atoms with Gasteiger partial charge >= 0.3 is 0 Å². The molecule has 37 heavy (non-hydrogen) atoms. The Bertz CT molecular complexity index is 1580. The van der Waals surface area contributed by atoms with E-state index in [1.165, 1.54) is 17.6 Å². The van der Waals surface area contributed by atoms with Crippen molar-refractivity contribution in [3.8, 4) is 17.7 Å². The quantitative estimate of drug-likeness (QED) is 0.351. The summed E-state index contributed by atoms with van der Waals surface area (Å²) in [7, 11) is -3.19. The Hall–Kier alpha value is -3.52. The van der Waals surface area contributed by atoms with Gasteiger partial charge in [0.15, 0.2) is 9.84 Å². The Morgan fingerprint density at radius 3 is 2.57 bits per heavy atom. The van der Waals surface area contributed by atoms with E-state index in [9.17, 15) is 13.7 Å². The molecule has 190 valence electrons. The van der Waals surface area contributed by atoms with Crippen LogP contribution in [0.5, 0.6) is 11.6 Å². The molecule has 1 aliphatic rings. The molecule has 0 unspecified atom stereocenters. The lowest BCUT2D eigenvalue weighted by atomic mass is 10.1. The minimum absolute atomic E-state index is 0.178. The number of rotatable bonds is 7. The van der Waals surface area contributed by atoms with Crippen molar-refractivity contribution < 1.29 is 13.2 Å². The largest absolute Gasteiger partial charge is 0.437 e. The summed E-state index contributed by atoms with van der Waals surface area (Å²) >= 11 is 1.53. The summed E-state index contributed by atoms with van der Waals surface area (Å²) in [4.78, 5) is 12.1. The van der Waals surface area contributed by atoms with Crippen LogP contribution in [-0.4, -0.2) is 48.7 Å². The predicted octanol–water partition coefficient (Wildman–Crippen LogP) is 5.06. The highest BCUT2D eigenvalue weighted by molar-refractivity contribution is 7.90. The molecular weight excluding hydrogens is 506 g/mol. The first kappa shape index (κ1) is 25.1. The Balaban J connectivity index is 1.30. The van der Waals surface area contributed by atoms with E-state index in [2.05, 4.69) is 16.3 Å². The van der Waals surface area contributed by atoms with Crippen molar-refractivity contribution >= 4 is 37.3 Å². The van der Waals surface area contributed by atoms with Crippen molar-refractivity contribution in [3.05, 3.63) is 70.1 Å². The maximum absolute atomic E-state index is 11.7. The normalized spacial score (nSPS) is 16.1. The second-order valence-corrected chi connectivity index (χ2v) is 12.4. The maximum atomic E-state index is 11.7. The number of ether oxygens (including phenoxy) is 1. The molecule has 1 saturated heterocycles. The summed E-state index contributed by atoms with van der Waals surface area (Å²) in [5.74, 6) is 1.72. The minimum atomic E-state index is -3.19. The molecule has 1 fully saturated rings. The summed E-state index contributed by atoms with van der Waals surface area (Å²) < 4.78 is 30.6. The Morgan fingerprint density at radius 2 is 1.89 bits per heavy atom. The van der Waals surface area contributed by atoms with Crippen LogP contribution in [0.1, 0.15) is 28.7 Å². The SMILES string of the molecule is Cc1cc(C#N)cc(C)c1Oc1nc(N[C@H]2CCN(Cc3ccc(S(C)(=O)=O)cc3)C2)nc2ccsc12. The van der Waals surface area contributed by atoms with Crippen molar-refractivity contribution in [1.29, 1.82) is 5.26 Å². The van der Waals surface area contributed by atoms with Crippen LogP contribution in [0.25, 0.3) is 10.2 Å². The fourth-order valence-electron chi connectivity index (χ4n) is 4.62. The predicted molar refractivity (Wildman–Crippen MR) is 145 cm³/mol. The third-order valence-electron chi connectivity index (χ3n) is 6.42. The highest BCUT2D eigenvalue weighted by atomic mass is 32.2. The third-order valence-corrected chi connectivity index (χ3v) is 8.44. The number of anilines is 1. The standard InChI is InChI=1S/C27H27N5O3S2/c1-17-12-20(14-28)13-18(2)24(17)35-26-25-23(9-11-36-25)30-27(31-26)29-21-8-10-32(16-21)15-19-4-6-22(7-5-19)37(3,33)34/h4-7,9,11-13,21H,8,10,15-16H2,1-3H3,(H,29,30,31)/t21-/m0/s1. The minimum Gasteiger partial charge on any atom is -0.437 e. The molecule has 1 N–H and O–H groups in total. The van der Waals surface area contributed by atoms with Crippen LogP contribution >= 0.6 is 11.3 Å². The zero-order chi connectivity index (χ0) is 26.2. The summed E-state index contributed by atoms with van der Waals surface area (Å²) in [5.41, 5.74) is 4.26. The molecule has 0 spiro atoms. The number of benzene rings is 2. The zero-order valence-electron chi connectivity index (χ0n) is 20.9. The number of nitriles is 1. The lowest BCUT2D eigenvalue weighted by Gasteiger charge is -2.17. The fraction of sp³-hybridized carbons (Fsp3) is 0.296. The van der Waals surface area contributed by atoms with E-state index in [4.69, 9.17) is 14.7 Å². The number of nitrogens with one attached hydrogen (secondary N) is 1. The molecular formula is C27H27N5O3S2. The van der Waals surface area contributed by atoms with Gasteiger partial charge in [-0.3, -0.25) is 4.90 Å². The smallest absolute Gasteiger partial charge is 0.242 e. The van der Waals surface area contributed by atoms with Crippen LogP contribution < -0.4 is 10.1 Å². The first-order valence-corrected chi connectivity index (χ1v) is 14.7. The molecule has 2 aromatic heterocycles. The number of hydrogen-bond acceptors (Lipinski definition) is 9. The average Bonchev–Trinajstić information content (AvgIpc) is 3.50. The first-order valence-electron chi connectivity index (χ1n) is 11.9. The lowest BCUT2D eigenvalue weighted by molar-refractivity contribution is 0.328. The van der Waals surface area contributed by atoms with Crippen LogP contribution in [0.2, 0.25) is 0 Å². The molecule has 1 aliphatic heterocycles. The van der Waals surface area contributed by atoms with E-state index >= 15 is 0 Å². The number of sulfone groups is 1. The van der Waals surface area contributed by atoms with Crippen molar-refractivity contribution in [3.63, 3.8) is 0 Å². The second kappa shape index (κ2) is 10.1. The van der Waals surface area contributed by atoms with Gasteiger partial charge in [0.1, 0.15) is 10.4 Å². The van der Waals surface area contributed by atoms with Gasteiger partial charge in [-0.25, -0.2) is 13.4 Å². The zero-order valence-corrected chi connectivity index (χ0v) is 22.5. The van der Waals surface area contributed by atoms with Gasteiger partial charge in [-0.2, -0.15) is 10.2 Å². The van der Waals surface area contributed by atoms with E-state index in [1.54, 1.807) is 12.1 Å². The van der Waals surface area contributed by atoms with E-state index in [1.807, 2.05) is 49.6 Å². The number of hydrogen-bond donors (Lipinski definition) is 1. The summed E-state index contributed by atoms with van der Waals surface area (Å²) in [6, 6.07) is 15.0. The molecule has 0 aliphatic carbocycles. The van der Waals surface area contributed by atoms with Crippen LogP contribution in [0, 0.1) is 25.2 Å². The molecule has 0 saturated carbocycles. The molecule has 10 heteroatoms. The van der Waals surface area contributed by atoms with Gasteiger partial charge in [0.2, 0.25) is 11.8 Å². The molecule has 2 aromatic carbocycles. The van der Waals surface area contributed by atoms with Gasteiger partial charge in [-0.15, -0.1) is 11.3 Å². The van der Waals surface area contributed by atoms with Crippen molar-refractivity contribution in [2.45, 2.75) is 37.8 Å². The van der Waals surface area contributed by atoms with E-state index in [0.29, 0.717) is 28.0 Å². The monoisotopic (exact) mass is 533 g/mol. The van der Waals surface area contributed by atoms with Crippen LogP contribution in [0.4, 0.5) is 5.95 Å². The highest BCUT2D eigenvalue weighted by Gasteiger charge is 2.24. The topological polar surface area (TPSA) is 108 Å². The molecule has 0 radical (unpaired) electrons. The van der Waals surface area contributed by atoms with Gasteiger partial charge in [-0.1, -0.05) is 12.1 Å². The molecule has 5 rings (SSSR count). The second-order valence-electron chi connectivity index (χ2n) is 9.42. The number of thiophene rings is 1. The Kier molecular flexibility index (Phi) is 6.86. The third kappa shape index (κ3) is 5.59. The van der Waals surface area contributed by atoms with Gasteiger partial charge < -0.3 is 10.1 Å². The molecule has 0 amide bonds. The van der Waals surface area contributed by atoms with E-state index in [0.717, 1.165) is 53.0 Å². The maximum Gasteiger partial charge on any atom is 0.242 e. The molecule has 1 atom stereocenters. The van der Waals surface area contributed by atoms with Crippen LogP contribution in [0.3, 0.4) is 0 Å². The summed E-state index contributed by atoms with van der Waals surface area (Å²) in [5, 5.41) is 14.7. The van der Waals surface area contributed by atoms with Gasteiger partial charge in [0, 0.05) is 31.9 Å². The van der Waals surface area contributed by atoms with Gasteiger partial charge in [-0.05, 0) is 72.7 Å². The number of aromatic nitrogens is 2. The average molecular weight is 534 g/mol. The van der Waals surface area contributed by atoms with Crippen LogP contribution in [-0.2, 0) is 16.4 Å². The Labute approximate surface area is 220 Å². The molecule has 3 heterocycles. The van der Waals surface area contributed by atoms with E-state index in [-0.39, 0.29) is 6.04 Å². The summed E-state index contributed by atoms with van der Waals surface area (Å²) in [6.07, 6.45) is 2.16. The number of fused-ring (bicyclic) bond motifs is 1. The molecule has 0 bridgehead atoms. The van der Waals surface area contributed by atoms with Crippen molar-refractivity contribution in [2.24, 2.45) is 0 Å². The van der Waals surface area contributed by atoms with Gasteiger partial charge in [0.05, 0.1) is 22.0 Å². The summed E-state index contributed by atoms with van der Waals surface area (Å²) in [6.45, 7) is 6.34. The van der Waals surface area contributed by atoms with E-state index < -0.39 is 9.84 Å². The van der Waals surface area contributed by atoms with Gasteiger partial charge in [0.25, 0.3) is 0 Å². The Morgan fingerprint density at radius 1 is 1.16 bits per heavy atom. The van der Waals surface area contributed by atoms with Crippen molar-refractivity contribution in [2.75, 3.05) is 24.7 Å². The molecule has 8 nitrogen and oxygen atoms in total. The van der Waals surface area contributed by atoms with Crippen molar-refractivity contribution in [1.82, 2.24) is 14.9 Å². The number of likely N-dealkylation sites (tertiary alicyclic amines) is 1. The highest BCUT2D eigenvalue weighted by Crippen LogP contribution is 2.35. The fourth-order valence-corrected chi connectivity index (χ4v) is 6.01.